The number of alkyl halides is 1. The van der Waals surface area contributed by atoms with E-state index in [1.54, 1.807) is 0 Å². The van der Waals surface area contributed by atoms with Crippen LogP contribution < -0.4 is 4.72 Å². The van der Waals surface area contributed by atoms with Crippen molar-refractivity contribution in [1.82, 2.24) is 4.72 Å². The van der Waals surface area contributed by atoms with Crippen LogP contribution in [0.15, 0.2) is 0 Å². The minimum atomic E-state index is -3.39. The van der Waals surface area contributed by atoms with Gasteiger partial charge in [-0.3, -0.25) is 4.39 Å². The highest BCUT2D eigenvalue weighted by Gasteiger charge is 2.27. The average Bonchev–Trinajstić information content (AvgIpc) is 2.27. The first kappa shape index (κ1) is 13.9. The molecule has 0 aromatic rings. The van der Waals surface area contributed by atoms with E-state index in [4.69, 9.17) is 5.11 Å². The molecule has 6 heteroatoms. The number of nitrogens with one attached hydrogen (secondary N) is 1. The summed E-state index contributed by atoms with van der Waals surface area (Å²) in [5.74, 6) is -0.160. The summed E-state index contributed by atoms with van der Waals surface area (Å²) >= 11 is 0. The van der Waals surface area contributed by atoms with Gasteiger partial charge in [-0.2, -0.15) is 0 Å². The largest absolute Gasteiger partial charge is 0.396 e. The van der Waals surface area contributed by atoms with Crippen molar-refractivity contribution in [2.24, 2.45) is 5.92 Å². The van der Waals surface area contributed by atoms with Gasteiger partial charge in [0.2, 0.25) is 10.0 Å². The molecule has 2 unspecified atom stereocenters. The molecule has 0 heterocycles. The van der Waals surface area contributed by atoms with Crippen LogP contribution in [0.5, 0.6) is 0 Å². The molecule has 0 aromatic carbocycles. The third kappa shape index (κ3) is 4.35. The van der Waals surface area contributed by atoms with Crippen molar-refractivity contribution in [2.45, 2.75) is 38.1 Å². The van der Waals surface area contributed by atoms with E-state index in [1.807, 2.05) is 0 Å². The Labute approximate surface area is 96.3 Å². The standard InChI is InChI=1S/C10H20FNO3S/c11-6-3-7-16(14,15)12-10-5-2-1-4-9(10)8-13/h9-10,12-13H,1-8H2. The predicted octanol–water partition coefficient (Wildman–Crippen LogP) is 0.816. The Bertz CT molecular complexity index is 294. The van der Waals surface area contributed by atoms with Gasteiger partial charge in [-0.1, -0.05) is 12.8 Å². The summed E-state index contributed by atoms with van der Waals surface area (Å²) in [5, 5.41) is 9.14. The van der Waals surface area contributed by atoms with E-state index in [9.17, 15) is 12.8 Å². The summed E-state index contributed by atoms with van der Waals surface area (Å²) in [5.41, 5.74) is 0. The summed E-state index contributed by atoms with van der Waals surface area (Å²) in [6.07, 6.45) is 3.67. The van der Waals surface area contributed by atoms with Gasteiger partial charge >= 0.3 is 0 Å². The van der Waals surface area contributed by atoms with Crippen molar-refractivity contribution in [3.63, 3.8) is 0 Å². The van der Waals surface area contributed by atoms with Crippen LogP contribution in [-0.2, 0) is 10.0 Å². The van der Waals surface area contributed by atoms with Gasteiger partial charge in [0.25, 0.3) is 0 Å². The quantitative estimate of drug-likeness (QED) is 0.736. The van der Waals surface area contributed by atoms with Crippen LogP contribution in [0.25, 0.3) is 0 Å². The Balaban J connectivity index is 2.50. The summed E-state index contributed by atoms with van der Waals surface area (Å²) in [7, 11) is -3.39. The maximum absolute atomic E-state index is 11.9. The Morgan fingerprint density at radius 1 is 1.31 bits per heavy atom. The molecule has 0 aromatic heterocycles. The minimum absolute atomic E-state index is 0.00824. The fourth-order valence-electron chi connectivity index (χ4n) is 2.12. The highest BCUT2D eigenvalue weighted by Crippen LogP contribution is 2.24. The third-order valence-corrected chi connectivity index (χ3v) is 4.51. The molecular weight excluding hydrogens is 233 g/mol. The number of halogens is 1. The fraction of sp³-hybridized carbons (Fsp3) is 1.00. The predicted molar refractivity (Wildman–Crippen MR) is 60.3 cm³/mol. The van der Waals surface area contributed by atoms with Gasteiger partial charge in [-0.05, 0) is 25.2 Å². The molecule has 1 aliphatic rings. The topological polar surface area (TPSA) is 66.4 Å². The normalized spacial score (nSPS) is 26.9. The van der Waals surface area contributed by atoms with Crippen LogP contribution in [0.2, 0.25) is 0 Å². The van der Waals surface area contributed by atoms with E-state index in [2.05, 4.69) is 4.72 Å². The Hall–Kier alpha value is -0.200. The Kier molecular flexibility index (Phi) is 5.64. The Morgan fingerprint density at radius 2 is 2.00 bits per heavy atom. The van der Waals surface area contributed by atoms with Crippen molar-refractivity contribution in [1.29, 1.82) is 0 Å². The molecule has 2 atom stereocenters. The first-order valence-corrected chi connectivity index (χ1v) is 7.41. The molecule has 0 spiro atoms. The molecule has 96 valence electrons. The number of hydrogen-bond acceptors (Lipinski definition) is 3. The van der Waals surface area contributed by atoms with E-state index >= 15 is 0 Å². The maximum atomic E-state index is 11.9. The first-order valence-electron chi connectivity index (χ1n) is 5.76. The molecule has 2 N–H and O–H groups in total. The minimum Gasteiger partial charge on any atom is -0.396 e. The van der Waals surface area contributed by atoms with Gasteiger partial charge in [0.1, 0.15) is 0 Å². The molecule has 0 aliphatic heterocycles. The third-order valence-electron chi connectivity index (χ3n) is 3.02. The highest BCUT2D eigenvalue weighted by molar-refractivity contribution is 7.89. The lowest BCUT2D eigenvalue weighted by Gasteiger charge is -2.30. The van der Waals surface area contributed by atoms with Gasteiger partial charge in [-0.15, -0.1) is 0 Å². The molecule has 1 fully saturated rings. The lowest BCUT2D eigenvalue weighted by Crippen LogP contribution is -2.44. The van der Waals surface area contributed by atoms with Gasteiger partial charge in [0.15, 0.2) is 0 Å². The van der Waals surface area contributed by atoms with Crippen molar-refractivity contribution >= 4 is 10.0 Å². The van der Waals surface area contributed by atoms with Gasteiger partial charge in [0.05, 0.1) is 12.4 Å². The van der Waals surface area contributed by atoms with Gasteiger partial charge in [-0.25, -0.2) is 13.1 Å². The molecule has 0 amide bonds. The van der Waals surface area contributed by atoms with E-state index in [0.717, 1.165) is 25.7 Å². The number of aliphatic hydroxyl groups excluding tert-OH is 1. The zero-order valence-corrected chi connectivity index (χ0v) is 10.2. The first-order chi connectivity index (χ1) is 7.59. The molecule has 0 bridgehead atoms. The second kappa shape index (κ2) is 6.51. The van der Waals surface area contributed by atoms with Gasteiger partial charge in [0, 0.05) is 12.6 Å². The van der Waals surface area contributed by atoms with E-state index in [0.29, 0.717) is 0 Å². The van der Waals surface area contributed by atoms with Crippen LogP contribution in [0.1, 0.15) is 32.1 Å². The van der Waals surface area contributed by atoms with Gasteiger partial charge < -0.3 is 5.11 Å². The van der Waals surface area contributed by atoms with Crippen LogP contribution in [-0.4, -0.2) is 38.6 Å². The molecular formula is C10H20FNO3S. The second-order valence-electron chi connectivity index (χ2n) is 4.31. The monoisotopic (exact) mass is 253 g/mol. The van der Waals surface area contributed by atoms with Crippen molar-refractivity contribution < 1.29 is 17.9 Å². The number of sulfonamides is 1. The molecule has 1 saturated carbocycles. The molecule has 1 aliphatic carbocycles. The summed E-state index contributed by atoms with van der Waals surface area (Å²) < 4.78 is 37.6. The van der Waals surface area contributed by atoms with Crippen molar-refractivity contribution in [3.8, 4) is 0 Å². The van der Waals surface area contributed by atoms with Crippen LogP contribution in [0.3, 0.4) is 0 Å². The number of aliphatic hydroxyl groups is 1. The highest BCUT2D eigenvalue weighted by atomic mass is 32.2. The average molecular weight is 253 g/mol. The lowest BCUT2D eigenvalue weighted by molar-refractivity contribution is 0.164. The maximum Gasteiger partial charge on any atom is 0.211 e. The SMILES string of the molecule is O=S(=O)(CCCF)NC1CCCCC1CO. The molecule has 16 heavy (non-hydrogen) atoms. The Morgan fingerprint density at radius 3 is 2.62 bits per heavy atom. The summed E-state index contributed by atoms with van der Waals surface area (Å²) in [4.78, 5) is 0. The van der Waals surface area contributed by atoms with Crippen molar-refractivity contribution in [2.75, 3.05) is 19.0 Å². The second-order valence-corrected chi connectivity index (χ2v) is 6.19. The molecule has 4 nitrogen and oxygen atoms in total. The smallest absolute Gasteiger partial charge is 0.211 e. The fourth-order valence-corrected chi connectivity index (χ4v) is 3.49. The van der Waals surface area contributed by atoms with E-state index in [1.165, 1.54) is 0 Å². The molecule has 0 saturated heterocycles. The summed E-state index contributed by atoms with van der Waals surface area (Å²) in [6.45, 7) is -0.606. The zero-order chi connectivity index (χ0) is 12.0. The van der Waals surface area contributed by atoms with Crippen LogP contribution in [0.4, 0.5) is 4.39 Å². The molecule has 1 rings (SSSR count). The van der Waals surface area contributed by atoms with Crippen LogP contribution >= 0.6 is 0 Å². The van der Waals surface area contributed by atoms with E-state index < -0.39 is 16.7 Å². The van der Waals surface area contributed by atoms with E-state index in [-0.39, 0.29) is 30.7 Å². The zero-order valence-electron chi connectivity index (χ0n) is 9.36. The number of hydrogen-bond donors (Lipinski definition) is 2. The lowest BCUT2D eigenvalue weighted by atomic mass is 9.86. The van der Waals surface area contributed by atoms with Crippen LogP contribution in [0, 0.1) is 5.92 Å². The molecule has 0 radical (unpaired) electrons. The number of rotatable bonds is 6. The summed E-state index contributed by atoms with van der Waals surface area (Å²) in [6, 6.07) is -0.177. The van der Waals surface area contributed by atoms with Crippen molar-refractivity contribution in [3.05, 3.63) is 0 Å².